The number of fused-ring (bicyclic) bond motifs is 1. The third-order valence-corrected chi connectivity index (χ3v) is 6.52. The van der Waals surface area contributed by atoms with Gasteiger partial charge in [0.1, 0.15) is 11.6 Å². The van der Waals surface area contributed by atoms with Crippen LogP contribution in [0.1, 0.15) is 30.1 Å². The number of carbonyl (C=O) groups is 1. The molecule has 2 aliphatic rings. The molecular formula is C25H36N6O2. The van der Waals surface area contributed by atoms with Crippen molar-refractivity contribution in [3.63, 3.8) is 0 Å². The van der Waals surface area contributed by atoms with E-state index in [0.717, 1.165) is 57.1 Å². The third-order valence-electron chi connectivity index (χ3n) is 6.52. The molecule has 1 fully saturated rings. The second-order valence-electron chi connectivity index (χ2n) is 9.05. The SMILES string of the molecule is CN(C)c1ccc(/C=C/CN2CCc3nnc(CCNC(=O)C4CCOCC4)n3CC2)cc1. The lowest BCUT2D eigenvalue weighted by molar-refractivity contribution is -0.127. The fourth-order valence-electron chi connectivity index (χ4n) is 4.42. The number of hydrogen-bond donors (Lipinski definition) is 1. The van der Waals surface area contributed by atoms with Crippen LogP contribution < -0.4 is 10.2 Å². The van der Waals surface area contributed by atoms with Gasteiger partial charge in [0.25, 0.3) is 0 Å². The van der Waals surface area contributed by atoms with E-state index in [9.17, 15) is 4.79 Å². The summed E-state index contributed by atoms with van der Waals surface area (Å²) < 4.78 is 7.58. The minimum atomic E-state index is 0.0850. The highest BCUT2D eigenvalue weighted by Gasteiger charge is 2.22. The van der Waals surface area contributed by atoms with E-state index >= 15 is 0 Å². The lowest BCUT2D eigenvalue weighted by Gasteiger charge is -2.21. The van der Waals surface area contributed by atoms with Gasteiger partial charge in [-0.15, -0.1) is 10.2 Å². The number of benzene rings is 1. The second-order valence-corrected chi connectivity index (χ2v) is 9.05. The maximum Gasteiger partial charge on any atom is 0.223 e. The molecule has 8 heteroatoms. The summed E-state index contributed by atoms with van der Waals surface area (Å²) >= 11 is 0. The van der Waals surface area contributed by atoms with E-state index in [1.807, 2.05) is 0 Å². The smallest absolute Gasteiger partial charge is 0.223 e. The molecule has 0 spiro atoms. The average molecular weight is 453 g/mol. The topological polar surface area (TPSA) is 75.5 Å². The zero-order valence-corrected chi connectivity index (χ0v) is 19.9. The first-order valence-electron chi connectivity index (χ1n) is 12.0. The van der Waals surface area contributed by atoms with E-state index < -0.39 is 0 Å². The summed E-state index contributed by atoms with van der Waals surface area (Å²) in [6.07, 6.45) is 7.67. The molecule has 0 radical (unpaired) electrons. The maximum atomic E-state index is 12.3. The van der Waals surface area contributed by atoms with Gasteiger partial charge >= 0.3 is 0 Å². The quantitative estimate of drug-likeness (QED) is 0.660. The lowest BCUT2D eigenvalue weighted by atomic mass is 9.99. The number of nitrogens with zero attached hydrogens (tertiary/aromatic N) is 5. The van der Waals surface area contributed by atoms with Crippen LogP contribution in [0.15, 0.2) is 30.3 Å². The molecule has 2 aromatic rings. The summed E-state index contributed by atoms with van der Waals surface area (Å²) in [5.41, 5.74) is 2.43. The van der Waals surface area contributed by atoms with E-state index in [-0.39, 0.29) is 11.8 Å². The fraction of sp³-hybridized carbons (Fsp3) is 0.560. The zero-order chi connectivity index (χ0) is 23.0. The predicted molar refractivity (Wildman–Crippen MR) is 130 cm³/mol. The highest BCUT2D eigenvalue weighted by Crippen LogP contribution is 2.15. The second kappa shape index (κ2) is 11.4. The fourth-order valence-corrected chi connectivity index (χ4v) is 4.42. The highest BCUT2D eigenvalue weighted by molar-refractivity contribution is 5.78. The summed E-state index contributed by atoms with van der Waals surface area (Å²) in [5.74, 6) is 2.24. The van der Waals surface area contributed by atoms with Gasteiger partial charge in [0.15, 0.2) is 0 Å². The molecule has 0 unspecified atom stereocenters. The van der Waals surface area contributed by atoms with Gasteiger partial charge in [-0.1, -0.05) is 24.3 Å². The molecule has 0 atom stereocenters. The number of aromatic nitrogens is 3. The van der Waals surface area contributed by atoms with Crippen molar-refractivity contribution < 1.29 is 9.53 Å². The summed E-state index contributed by atoms with van der Waals surface area (Å²) in [7, 11) is 4.11. The Hall–Kier alpha value is -2.71. The van der Waals surface area contributed by atoms with Gasteiger partial charge in [-0.05, 0) is 30.5 Å². The number of hydrogen-bond acceptors (Lipinski definition) is 6. The minimum absolute atomic E-state index is 0.0850. The van der Waals surface area contributed by atoms with Gasteiger partial charge in [0.2, 0.25) is 5.91 Å². The molecule has 1 amide bonds. The van der Waals surface area contributed by atoms with Crippen molar-refractivity contribution in [2.75, 3.05) is 58.4 Å². The van der Waals surface area contributed by atoms with E-state index in [0.29, 0.717) is 26.2 Å². The molecular weight excluding hydrogens is 416 g/mol. The van der Waals surface area contributed by atoms with Crippen LogP contribution in [0.4, 0.5) is 5.69 Å². The predicted octanol–water partition coefficient (Wildman–Crippen LogP) is 2.00. The normalized spacial score (nSPS) is 17.6. The highest BCUT2D eigenvalue weighted by atomic mass is 16.5. The van der Waals surface area contributed by atoms with Crippen LogP contribution in [0, 0.1) is 5.92 Å². The average Bonchev–Trinajstić information content (AvgIpc) is 3.11. The molecule has 0 aliphatic carbocycles. The summed E-state index contributed by atoms with van der Waals surface area (Å²) in [5, 5.41) is 11.9. The van der Waals surface area contributed by atoms with Crippen molar-refractivity contribution >= 4 is 17.7 Å². The third kappa shape index (κ3) is 6.42. The number of carbonyl (C=O) groups excluding carboxylic acids is 1. The first-order chi connectivity index (χ1) is 16.1. The van der Waals surface area contributed by atoms with Crippen molar-refractivity contribution in [1.82, 2.24) is 25.0 Å². The Morgan fingerprint density at radius 2 is 1.94 bits per heavy atom. The molecule has 33 heavy (non-hydrogen) atoms. The van der Waals surface area contributed by atoms with Gasteiger partial charge in [-0.2, -0.15) is 0 Å². The van der Waals surface area contributed by atoms with Crippen LogP contribution >= 0.6 is 0 Å². The molecule has 178 valence electrons. The number of amides is 1. The number of ether oxygens (including phenoxy) is 1. The molecule has 4 rings (SSSR count). The van der Waals surface area contributed by atoms with Crippen molar-refractivity contribution in [2.45, 2.75) is 32.2 Å². The maximum absolute atomic E-state index is 12.3. The summed E-state index contributed by atoms with van der Waals surface area (Å²) in [6.45, 7) is 5.72. The van der Waals surface area contributed by atoms with Crippen molar-refractivity contribution in [3.05, 3.63) is 47.6 Å². The minimum Gasteiger partial charge on any atom is -0.381 e. The molecule has 8 nitrogen and oxygen atoms in total. The van der Waals surface area contributed by atoms with Gasteiger partial charge < -0.3 is 19.5 Å². The Labute approximate surface area is 196 Å². The molecule has 0 bridgehead atoms. The Bertz CT molecular complexity index is 931. The molecule has 1 saturated heterocycles. The van der Waals surface area contributed by atoms with Crippen molar-refractivity contribution in [2.24, 2.45) is 5.92 Å². The standard InChI is InChI=1S/C25H36N6O2/c1-29(2)22-7-5-20(6-8-22)4-3-14-30-15-10-24-28-27-23(31(24)17-16-30)9-13-26-25(32)21-11-18-33-19-12-21/h3-8,21H,9-19H2,1-2H3,(H,26,32)/b4-3+. The Balaban J connectivity index is 1.23. The van der Waals surface area contributed by atoms with Crippen LogP contribution in [-0.2, 0) is 28.9 Å². The summed E-state index contributed by atoms with van der Waals surface area (Å²) in [6, 6.07) is 8.60. The van der Waals surface area contributed by atoms with E-state index in [1.54, 1.807) is 0 Å². The first kappa shape index (κ1) is 23.4. The molecule has 0 saturated carbocycles. The van der Waals surface area contributed by atoms with Crippen molar-refractivity contribution in [1.29, 1.82) is 0 Å². The van der Waals surface area contributed by atoms with Gasteiger partial charge in [-0.25, -0.2) is 0 Å². The number of anilines is 1. The number of nitrogens with one attached hydrogen (secondary N) is 1. The molecule has 1 N–H and O–H groups in total. The molecule has 3 heterocycles. The van der Waals surface area contributed by atoms with E-state index in [4.69, 9.17) is 4.74 Å². The largest absolute Gasteiger partial charge is 0.381 e. The zero-order valence-electron chi connectivity index (χ0n) is 19.9. The van der Waals surface area contributed by atoms with Gasteiger partial charge in [0, 0.05) is 84.5 Å². The Morgan fingerprint density at radius 3 is 2.70 bits per heavy atom. The van der Waals surface area contributed by atoms with Crippen molar-refractivity contribution in [3.8, 4) is 0 Å². The molecule has 1 aromatic carbocycles. The van der Waals surface area contributed by atoms with Crippen LogP contribution in [0.2, 0.25) is 0 Å². The summed E-state index contributed by atoms with van der Waals surface area (Å²) in [4.78, 5) is 16.9. The van der Waals surface area contributed by atoms with E-state index in [1.165, 1.54) is 11.3 Å². The van der Waals surface area contributed by atoms with Crippen LogP contribution in [0.3, 0.4) is 0 Å². The monoisotopic (exact) mass is 452 g/mol. The Kier molecular flexibility index (Phi) is 8.12. The molecule has 2 aliphatic heterocycles. The van der Waals surface area contributed by atoms with Crippen LogP contribution in [0.25, 0.3) is 6.08 Å². The lowest BCUT2D eigenvalue weighted by Crippen LogP contribution is -2.35. The van der Waals surface area contributed by atoms with Crippen LogP contribution in [-0.4, -0.2) is 79.1 Å². The van der Waals surface area contributed by atoms with Gasteiger partial charge in [-0.3, -0.25) is 9.69 Å². The first-order valence-corrected chi connectivity index (χ1v) is 12.0. The van der Waals surface area contributed by atoms with Gasteiger partial charge in [0.05, 0.1) is 0 Å². The number of rotatable bonds is 8. The van der Waals surface area contributed by atoms with E-state index in [2.05, 4.69) is 80.4 Å². The molecule has 1 aromatic heterocycles. The Morgan fingerprint density at radius 1 is 1.15 bits per heavy atom. The van der Waals surface area contributed by atoms with Crippen LogP contribution in [0.5, 0.6) is 0 Å².